The molecule has 7 nitrogen and oxygen atoms in total. The minimum absolute atomic E-state index is 0.0410. The summed E-state index contributed by atoms with van der Waals surface area (Å²) >= 11 is 0. The van der Waals surface area contributed by atoms with Crippen LogP contribution in [0.25, 0.3) is 5.65 Å². The number of nitriles is 1. The third kappa shape index (κ3) is 3.39. The number of ether oxygens (including phenoxy) is 1. The van der Waals surface area contributed by atoms with Crippen LogP contribution in [0, 0.1) is 11.3 Å². The number of pyridine rings is 2. The zero-order valence-electron chi connectivity index (χ0n) is 12.3. The highest BCUT2D eigenvalue weighted by Gasteiger charge is 2.04. The molecular weight excluding hydrogens is 294 g/mol. The Kier molecular flexibility index (Phi) is 4.36. The second-order valence-electron chi connectivity index (χ2n) is 4.82. The van der Waals surface area contributed by atoms with Crippen LogP contribution in [0.1, 0.15) is 11.3 Å². The van der Waals surface area contributed by atoms with Crippen molar-refractivity contribution in [3.8, 4) is 11.9 Å². The number of nitrogens with one attached hydrogen (secondary N) is 1. The van der Waals surface area contributed by atoms with E-state index in [9.17, 15) is 0 Å². The molecule has 0 aromatic carbocycles. The lowest BCUT2D eigenvalue weighted by atomic mass is 10.3. The summed E-state index contributed by atoms with van der Waals surface area (Å²) in [5.41, 5.74) is 3.17. The zero-order chi connectivity index (χ0) is 16.1. The van der Waals surface area contributed by atoms with Gasteiger partial charge in [-0.05, 0) is 18.2 Å². The molecule has 0 fully saturated rings. The van der Waals surface area contributed by atoms with Crippen molar-refractivity contribution in [1.82, 2.24) is 14.4 Å². The first-order valence-electron chi connectivity index (χ1n) is 7.10. The monoisotopic (exact) mass is 309 g/mol. The first-order chi connectivity index (χ1) is 11.3. The topological polar surface area (TPSA) is 95.5 Å². The summed E-state index contributed by atoms with van der Waals surface area (Å²) in [6.45, 7) is 0.734. The number of anilines is 1. The van der Waals surface area contributed by atoms with Crippen LogP contribution in [-0.2, 0) is 6.54 Å². The Morgan fingerprint density at radius 2 is 2.13 bits per heavy atom. The Morgan fingerprint density at radius 3 is 2.87 bits per heavy atom. The quantitative estimate of drug-likeness (QED) is 0.718. The summed E-state index contributed by atoms with van der Waals surface area (Å²) in [5.74, 6) is 0.470. The fourth-order valence-corrected chi connectivity index (χ4v) is 2.14. The Hall–Kier alpha value is -3.11. The van der Waals surface area contributed by atoms with Gasteiger partial charge in [-0.2, -0.15) is 5.26 Å². The first-order valence-corrected chi connectivity index (χ1v) is 7.10. The molecule has 3 aromatic rings. The molecule has 0 saturated heterocycles. The van der Waals surface area contributed by atoms with Gasteiger partial charge in [0.05, 0.1) is 42.5 Å². The normalized spacial score (nSPS) is 10.4. The summed E-state index contributed by atoms with van der Waals surface area (Å²) < 4.78 is 7.10. The Morgan fingerprint density at radius 1 is 1.22 bits per heavy atom. The number of imidazole rings is 1. The molecular formula is C16H15N5O2. The molecule has 0 unspecified atom stereocenters. The smallest absolute Gasteiger partial charge is 0.213 e. The molecule has 0 spiro atoms. The SMILES string of the molecule is N#Cc1ccc2ncc(CNc3ccc(OCCO)nc3)n2c1. The Labute approximate surface area is 132 Å². The molecule has 7 heteroatoms. The van der Waals surface area contributed by atoms with Crippen LogP contribution in [0.2, 0.25) is 0 Å². The van der Waals surface area contributed by atoms with Crippen LogP contribution in [0.3, 0.4) is 0 Å². The van der Waals surface area contributed by atoms with E-state index >= 15 is 0 Å². The van der Waals surface area contributed by atoms with E-state index in [1.807, 2.05) is 16.5 Å². The van der Waals surface area contributed by atoms with Crippen molar-refractivity contribution in [1.29, 1.82) is 5.26 Å². The Balaban J connectivity index is 1.69. The highest BCUT2D eigenvalue weighted by Crippen LogP contribution is 2.14. The van der Waals surface area contributed by atoms with Gasteiger partial charge in [0.15, 0.2) is 0 Å². The molecule has 3 aromatic heterocycles. The molecule has 0 bridgehead atoms. The first kappa shape index (κ1) is 14.8. The van der Waals surface area contributed by atoms with Crippen molar-refractivity contribution in [3.05, 3.63) is 54.1 Å². The second kappa shape index (κ2) is 6.77. The van der Waals surface area contributed by atoms with Crippen molar-refractivity contribution < 1.29 is 9.84 Å². The second-order valence-corrected chi connectivity index (χ2v) is 4.82. The number of hydrogen-bond donors (Lipinski definition) is 2. The molecule has 3 heterocycles. The van der Waals surface area contributed by atoms with Crippen molar-refractivity contribution in [2.24, 2.45) is 0 Å². The zero-order valence-corrected chi connectivity index (χ0v) is 12.3. The maximum absolute atomic E-state index is 8.99. The molecule has 0 atom stereocenters. The van der Waals surface area contributed by atoms with E-state index in [0.29, 0.717) is 18.0 Å². The lowest BCUT2D eigenvalue weighted by Crippen LogP contribution is -2.05. The number of nitrogens with zero attached hydrogens (tertiary/aromatic N) is 4. The van der Waals surface area contributed by atoms with Crippen LogP contribution in [0.5, 0.6) is 5.88 Å². The fraction of sp³-hybridized carbons (Fsp3) is 0.188. The summed E-state index contributed by atoms with van der Waals surface area (Å²) in [7, 11) is 0. The van der Waals surface area contributed by atoms with Gasteiger partial charge >= 0.3 is 0 Å². The van der Waals surface area contributed by atoms with Gasteiger partial charge in [0.25, 0.3) is 0 Å². The number of aromatic nitrogens is 3. The minimum atomic E-state index is -0.0410. The summed E-state index contributed by atoms with van der Waals surface area (Å²) in [4.78, 5) is 8.45. The lowest BCUT2D eigenvalue weighted by molar-refractivity contribution is 0.196. The average molecular weight is 309 g/mol. The van der Waals surface area contributed by atoms with E-state index in [1.54, 1.807) is 30.7 Å². The van der Waals surface area contributed by atoms with Gasteiger partial charge in [-0.1, -0.05) is 0 Å². The molecule has 0 saturated carbocycles. The van der Waals surface area contributed by atoms with Gasteiger partial charge in [-0.25, -0.2) is 9.97 Å². The largest absolute Gasteiger partial charge is 0.475 e. The van der Waals surface area contributed by atoms with E-state index in [0.717, 1.165) is 17.0 Å². The van der Waals surface area contributed by atoms with Crippen molar-refractivity contribution >= 4 is 11.3 Å². The molecule has 0 aliphatic rings. The molecule has 3 rings (SSSR count). The number of aliphatic hydroxyl groups excluding tert-OH is 1. The van der Waals surface area contributed by atoms with Crippen LogP contribution >= 0.6 is 0 Å². The van der Waals surface area contributed by atoms with Gasteiger partial charge in [0.1, 0.15) is 18.3 Å². The highest BCUT2D eigenvalue weighted by molar-refractivity contribution is 5.46. The summed E-state index contributed by atoms with van der Waals surface area (Å²) in [6.07, 6.45) is 5.20. The standard InChI is InChI=1S/C16H15N5O2/c17-7-12-1-3-15-19-10-14(21(15)11-12)9-18-13-2-4-16(20-8-13)23-6-5-22/h1-4,8,10-11,18,22H,5-6,9H2. The van der Waals surface area contributed by atoms with Crippen LogP contribution < -0.4 is 10.1 Å². The van der Waals surface area contributed by atoms with Gasteiger partial charge < -0.3 is 19.6 Å². The third-order valence-corrected chi connectivity index (χ3v) is 3.26. The molecule has 23 heavy (non-hydrogen) atoms. The van der Waals surface area contributed by atoms with Gasteiger partial charge in [0, 0.05) is 12.3 Å². The predicted octanol–water partition coefficient (Wildman–Crippen LogP) is 1.58. The van der Waals surface area contributed by atoms with Crippen molar-refractivity contribution in [2.45, 2.75) is 6.54 Å². The van der Waals surface area contributed by atoms with Gasteiger partial charge in [-0.3, -0.25) is 0 Å². The van der Waals surface area contributed by atoms with Gasteiger partial charge in [-0.15, -0.1) is 0 Å². The number of hydrogen-bond acceptors (Lipinski definition) is 6. The molecule has 0 aliphatic carbocycles. The van der Waals surface area contributed by atoms with E-state index in [-0.39, 0.29) is 13.2 Å². The van der Waals surface area contributed by atoms with Crippen LogP contribution in [-0.4, -0.2) is 32.7 Å². The molecule has 0 aliphatic heterocycles. The maximum atomic E-state index is 8.99. The number of rotatable bonds is 6. The van der Waals surface area contributed by atoms with Crippen molar-refractivity contribution in [3.63, 3.8) is 0 Å². The van der Waals surface area contributed by atoms with E-state index in [1.165, 1.54) is 0 Å². The third-order valence-electron chi connectivity index (χ3n) is 3.26. The number of fused-ring (bicyclic) bond motifs is 1. The van der Waals surface area contributed by atoms with Crippen LogP contribution in [0.15, 0.2) is 42.9 Å². The number of aliphatic hydroxyl groups is 1. The molecule has 0 amide bonds. The lowest BCUT2D eigenvalue weighted by Gasteiger charge is -2.07. The molecule has 2 N–H and O–H groups in total. The predicted molar refractivity (Wildman–Crippen MR) is 84.1 cm³/mol. The summed E-state index contributed by atoms with van der Waals surface area (Å²) in [6, 6.07) is 9.27. The van der Waals surface area contributed by atoms with Crippen LogP contribution in [0.4, 0.5) is 5.69 Å². The molecule has 0 radical (unpaired) electrons. The van der Waals surface area contributed by atoms with E-state index in [2.05, 4.69) is 21.4 Å². The summed E-state index contributed by atoms with van der Waals surface area (Å²) in [5, 5.41) is 20.9. The highest BCUT2D eigenvalue weighted by atomic mass is 16.5. The average Bonchev–Trinajstić information content (AvgIpc) is 3.01. The fourth-order valence-electron chi connectivity index (χ4n) is 2.14. The van der Waals surface area contributed by atoms with Crippen molar-refractivity contribution in [2.75, 3.05) is 18.5 Å². The minimum Gasteiger partial charge on any atom is -0.475 e. The maximum Gasteiger partial charge on any atom is 0.213 e. The van der Waals surface area contributed by atoms with E-state index in [4.69, 9.17) is 15.1 Å². The van der Waals surface area contributed by atoms with Gasteiger partial charge in [0.2, 0.25) is 5.88 Å². The van der Waals surface area contributed by atoms with E-state index < -0.39 is 0 Å². The molecule has 116 valence electrons. The Bertz CT molecular complexity index is 836.